The number of hydrogen-bond acceptors (Lipinski definition) is 5. The number of halogens is 1. The van der Waals surface area contributed by atoms with Crippen molar-refractivity contribution in [3.8, 4) is 0 Å². The summed E-state index contributed by atoms with van der Waals surface area (Å²) in [4.78, 5) is 12.6. The van der Waals surface area contributed by atoms with Crippen LogP contribution in [0, 0.1) is 0 Å². The van der Waals surface area contributed by atoms with Gasteiger partial charge in [-0.3, -0.25) is 4.79 Å². The van der Waals surface area contributed by atoms with Crippen LogP contribution in [0.1, 0.15) is 10.4 Å². The minimum Gasteiger partial charge on any atom is -0.293 e. The van der Waals surface area contributed by atoms with E-state index in [-0.39, 0.29) is 20.9 Å². The second-order valence-electron chi connectivity index (χ2n) is 6.12. The summed E-state index contributed by atoms with van der Waals surface area (Å²) >= 11 is 3.15. The van der Waals surface area contributed by atoms with Crippen LogP contribution in [0.3, 0.4) is 0 Å². The van der Waals surface area contributed by atoms with Gasteiger partial charge >= 0.3 is 0 Å². The molecule has 0 heterocycles. The smallest absolute Gasteiger partial charge is 0.175 e. The summed E-state index contributed by atoms with van der Waals surface area (Å²) in [6, 6.07) is 10.9. The van der Waals surface area contributed by atoms with Crippen LogP contribution in [0.25, 0.3) is 21.5 Å². The van der Waals surface area contributed by atoms with Crippen LogP contribution in [0.4, 0.5) is 0 Å². The molecule has 0 saturated heterocycles. The van der Waals surface area contributed by atoms with Gasteiger partial charge in [-0.05, 0) is 51.9 Å². The van der Waals surface area contributed by atoms with Gasteiger partial charge in [0.25, 0.3) is 0 Å². The van der Waals surface area contributed by atoms with E-state index in [2.05, 4.69) is 15.9 Å². The molecule has 8 heteroatoms. The summed E-state index contributed by atoms with van der Waals surface area (Å²) < 4.78 is 47.5. The minimum atomic E-state index is -3.42. The first-order chi connectivity index (χ1) is 12.0. The zero-order chi connectivity index (χ0) is 19.3. The van der Waals surface area contributed by atoms with Crippen LogP contribution in [-0.2, 0) is 19.7 Å². The summed E-state index contributed by atoms with van der Waals surface area (Å²) in [7, 11) is -6.83. The van der Waals surface area contributed by atoms with Gasteiger partial charge in [-0.1, -0.05) is 28.1 Å². The highest BCUT2D eigenvalue weighted by molar-refractivity contribution is 9.09. The fourth-order valence-corrected chi connectivity index (χ4v) is 4.49. The zero-order valence-electron chi connectivity index (χ0n) is 14.0. The maximum absolute atomic E-state index is 12.4. The first-order valence-corrected chi connectivity index (χ1v) is 12.4. The van der Waals surface area contributed by atoms with Crippen LogP contribution in [0.15, 0.2) is 52.3 Å². The van der Waals surface area contributed by atoms with E-state index in [0.717, 1.165) is 12.5 Å². The van der Waals surface area contributed by atoms with Gasteiger partial charge in [-0.25, -0.2) is 16.8 Å². The third kappa shape index (κ3) is 3.41. The van der Waals surface area contributed by atoms with E-state index in [1.54, 1.807) is 18.2 Å². The third-order valence-electron chi connectivity index (χ3n) is 4.17. The van der Waals surface area contributed by atoms with Crippen molar-refractivity contribution in [3.05, 3.63) is 48.0 Å². The van der Waals surface area contributed by atoms with Gasteiger partial charge in [0, 0.05) is 18.1 Å². The number of carbonyl (C=O) groups excluding carboxylic acids is 1. The highest BCUT2D eigenvalue weighted by Gasteiger charge is 2.17. The fourth-order valence-electron chi connectivity index (χ4n) is 2.88. The van der Waals surface area contributed by atoms with E-state index in [4.69, 9.17) is 0 Å². The third-order valence-corrected chi connectivity index (χ3v) is 6.90. The average molecular weight is 455 g/mol. The SMILES string of the molecule is CS(=O)(=O)c1ccc2c(c1)cc(C(=O)CBr)c1ccc(S(C)(=O)=O)cc12. The number of sulfone groups is 2. The molecule has 0 aromatic heterocycles. The van der Waals surface area contributed by atoms with Crippen molar-refractivity contribution in [2.24, 2.45) is 0 Å². The van der Waals surface area contributed by atoms with Crippen molar-refractivity contribution < 1.29 is 21.6 Å². The van der Waals surface area contributed by atoms with Gasteiger partial charge in [0.15, 0.2) is 25.5 Å². The van der Waals surface area contributed by atoms with E-state index < -0.39 is 19.7 Å². The van der Waals surface area contributed by atoms with Crippen LogP contribution < -0.4 is 0 Å². The van der Waals surface area contributed by atoms with Gasteiger partial charge in [-0.15, -0.1) is 0 Å². The van der Waals surface area contributed by atoms with E-state index in [1.807, 2.05) is 0 Å². The van der Waals surface area contributed by atoms with Crippen molar-refractivity contribution in [3.63, 3.8) is 0 Å². The Morgan fingerprint density at radius 1 is 0.808 bits per heavy atom. The summed E-state index contributed by atoms with van der Waals surface area (Å²) in [6.07, 6.45) is 2.23. The Bertz CT molecular complexity index is 1280. The molecule has 0 aliphatic carbocycles. The normalized spacial score (nSPS) is 12.6. The molecule has 0 radical (unpaired) electrons. The molecular formula is C18H15BrO5S2. The molecule has 0 atom stereocenters. The highest BCUT2D eigenvalue weighted by Crippen LogP contribution is 2.32. The summed E-state index contributed by atoms with van der Waals surface area (Å²) in [5, 5.41) is 2.57. The molecule has 5 nitrogen and oxygen atoms in total. The Hall–Kier alpha value is -1.77. The summed E-state index contributed by atoms with van der Waals surface area (Å²) in [6.45, 7) is 0. The molecule has 136 valence electrons. The predicted molar refractivity (Wildman–Crippen MR) is 106 cm³/mol. The van der Waals surface area contributed by atoms with Crippen LogP contribution in [0.5, 0.6) is 0 Å². The number of ketones is 1. The molecule has 0 bridgehead atoms. The molecule has 0 aliphatic rings. The number of rotatable bonds is 4. The molecule has 0 saturated carbocycles. The lowest BCUT2D eigenvalue weighted by Crippen LogP contribution is -2.03. The monoisotopic (exact) mass is 454 g/mol. The van der Waals surface area contributed by atoms with Gasteiger partial charge in [-0.2, -0.15) is 0 Å². The second kappa shape index (κ2) is 6.44. The minimum absolute atomic E-state index is 0.104. The number of fused-ring (bicyclic) bond motifs is 3. The molecule has 3 rings (SSSR count). The Kier molecular flexibility index (Phi) is 4.71. The van der Waals surface area contributed by atoms with Crippen LogP contribution in [0.2, 0.25) is 0 Å². The first kappa shape index (κ1) is 19.0. The standard InChI is InChI=1S/C18H15BrO5S2/c1-25(21,22)12-3-5-14-11(7-12)8-17(18(20)10-19)15-6-4-13(9-16(14)15)26(2,23)24/h3-9H,10H2,1-2H3. The summed E-state index contributed by atoms with van der Waals surface area (Å²) in [5.74, 6) is -0.172. The lowest BCUT2D eigenvalue weighted by atomic mass is 9.95. The quantitative estimate of drug-likeness (QED) is 0.342. The predicted octanol–water partition coefficient (Wildman–Crippen LogP) is 3.38. The topological polar surface area (TPSA) is 85.3 Å². The van der Waals surface area contributed by atoms with Gasteiger partial charge in [0.2, 0.25) is 0 Å². The zero-order valence-corrected chi connectivity index (χ0v) is 17.2. The maximum Gasteiger partial charge on any atom is 0.175 e. The molecule has 0 N–H and O–H groups in total. The first-order valence-electron chi connectivity index (χ1n) is 7.52. The molecule has 3 aromatic rings. The van der Waals surface area contributed by atoms with Gasteiger partial charge < -0.3 is 0 Å². The molecule has 26 heavy (non-hydrogen) atoms. The van der Waals surface area contributed by atoms with E-state index in [0.29, 0.717) is 27.1 Å². The summed E-state index contributed by atoms with van der Waals surface area (Å²) in [5.41, 5.74) is 0.412. The lowest BCUT2D eigenvalue weighted by Gasteiger charge is -2.11. The van der Waals surface area contributed by atoms with Crippen molar-refractivity contribution >= 4 is 62.9 Å². The van der Waals surface area contributed by atoms with Crippen molar-refractivity contribution in [1.82, 2.24) is 0 Å². The number of hydrogen-bond donors (Lipinski definition) is 0. The molecular weight excluding hydrogens is 440 g/mol. The van der Waals surface area contributed by atoms with Crippen molar-refractivity contribution in [2.45, 2.75) is 9.79 Å². The molecule has 0 unspecified atom stereocenters. The van der Waals surface area contributed by atoms with Crippen molar-refractivity contribution in [1.29, 1.82) is 0 Å². The van der Waals surface area contributed by atoms with E-state index in [1.165, 1.54) is 24.3 Å². The molecule has 0 spiro atoms. The number of benzene rings is 3. The molecule has 0 aliphatic heterocycles. The van der Waals surface area contributed by atoms with Crippen LogP contribution >= 0.6 is 15.9 Å². The van der Waals surface area contributed by atoms with Crippen LogP contribution in [-0.4, -0.2) is 40.5 Å². The Morgan fingerprint density at radius 3 is 1.88 bits per heavy atom. The number of carbonyl (C=O) groups is 1. The molecule has 3 aromatic carbocycles. The van der Waals surface area contributed by atoms with Gasteiger partial charge in [0.1, 0.15) is 0 Å². The average Bonchev–Trinajstić information content (AvgIpc) is 2.57. The van der Waals surface area contributed by atoms with Gasteiger partial charge in [0.05, 0.1) is 15.1 Å². The lowest BCUT2D eigenvalue weighted by molar-refractivity contribution is 0.102. The Balaban J connectivity index is 2.51. The molecule has 0 amide bonds. The Morgan fingerprint density at radius 2 is 1.35 bits per heavy atom. The number of alkyl halides is 1. The van der Waals surface area contributed by atoms with E-state index in [9.17, 15) is 21.6 Å². The van der Waals surface area contributed by atoms with E-state index >= 15 is 0 Å². The fraction of sp³-hybridized carbons (Fsp3) is 0.167. The Labute approximate surface area is 160 Å². The second-order valence-corrected chi connectivity index (χ2v) is 10.7. The number of Topliss-reactive ketones (excluding diaryl/α,β-unsaturated/α-hetero) is 1. The van der Waals surface area contributed by atoms with Crippen molar-refractivity contribution in [2.75, 3.05) is 17.8 Å². The maximum atomic E-state index is 12.4. The largest absolute Gasteiger partial charge is 0.293 e. The molecule has 0 fully saturated rings. The highest BCUT2D eigenvalue weighted by atomic mass is 79.9.